The zero-order valence-corrected chi connectivity index (χ0v) is 10.1. The lowest BCUT2D eigenvalue weighted by Gasteiger charge is -2.27. The van der Waals surface area contributed by atoms with E-state index >= 15 is 0 Å². The summed E-state index contributed by atoms with van der Waals surface area (Å²) >= 11 is 0. The molecule has 3 saturated carbocycles. The molecule has 3 heteroatoms. The van der Waals surface area contributed by atoms with Crippen molar-refractivity contribution in [1.29, 1.82) is 0 Å². The van der Waals surface area contributed by atoms with Crippen LogP contribution in [0.25, 0.3) is 0 Å². The number of nitrogens with zero attached hydrogens (tertiary/aromatic N) is 1. The summed E-state index contributed by atoms with van der Waals surface area (Å²) in [6, 6.07) is 0.625. The van der Waals surface area contributed by atoms with Gasteiger partial charge in [-0.1, -0.05) is 6.42 Å². The summed E-state index contributed by atoms with van der Waals surface area (Å²) in [4.78, 5) is 13.7. The van der Waals surface area contributed by atoms with Gasteiger partial charge in [0.1, 0.15) is 0 Å². The van der Waals surface area contributed by atoms with E-state index in [0.717, 1.165) is 24.3 Å². The Bertz CT molecular complexity index is 288. The zero-order chi connectivity index (χ0) is 11.1. The lowest BCUT2D eigenvalue weighted by atomic mass is 9.88. The first-order chi connectivity index (χ1) is 7.72. The second-order valence-corrected chi connectivity index (χ2v) is 6.04. The smallest absolute Gasteiger partial charge is 0.317 e. The van der Waals surface area contributed by atoms with Gasteiger partial charge in [-0.05, 0) is 49.9 Å². The van der Waals surface area contributed by atoms with Crippen LogP contribution in [0, 0.1) is 17.8 Å². The summed E-state index contributed by atoms with van der Waals surface area (Å²) in [5.41, 5.74) is 0. The molecule has 2 bridgehead atoms. The summed E-state index contributed by atoms with van der Waals surface area (Å²) in [6.07, 6.45) is 8.00. The van der Waals surface area contributed by atoms with Crippen molar-refractivity contribution in [1.82, 2.24) is 10.2 Å². The Morgan fingerprint density at radius 3 is 2.62 bits per heavy atom. The molecule has 3 aliphatic rings. The molecular formula is C13H22N2O. The van der Waals surface area contributed by atoms with Crippen molar-refractivity contribution in [3.05, 3.63) is 0 Å². The summed E-state index contributed by atoms with van der Waals surface area (Å²) in [5.74, 6) is 2.68. The van der Waals surface area contributed by atoms with Crippen LogP contribution in [0.3, 0.4) is 0 Å². The number of fused-ring (bicyclic) bond motifs is 2. The third-order valence-electron chi connectivity index (χ3n) is 4.64. The average molecular weight is 222 g/mol. The van der Waals surface area contributed by atoms with Gasteiger partial charge in [0.15, 0.2) is 0 Å². The summed E-state index contributed by atoms with van der Waals surface area (Å²) < 4.78 is 0. The summed E-state index contributed by atoms with van der Waals surface area (Å²) in [7, 11) is 1.95. The topological polar surface area (TPSA) is 32.3 Å². The second-order valence-electron chi connectivity index (χ2n) is 6.04. The Hall–Kier alpha value is -0.730. The van der Waals surface area contributed by atoms with E-state index in [1.165, 1.54) is 38.5 Å². The molecule has 0 aliphatic heterocycles. The fourth-order valence-electron chi connectivity index (χ4n) is 3.55. The third kappa shape index (κ3) is 2.04. The minimum atomic E-state index is 0.144. The number of urea groups is 1. The Morgan fingerprint density at radius 1 is 1.25 bits per heavy atom. The fourth-order valence-corrected chi connectivity index (χ4v) is 3.55. The van der Waals surface area contributed by atoms with Crippen LogP contribution in [-0.2, 0) is 0 Å². The SMILES string of the molecule is CN(CC1CC2CCC1C2)C(=O)NC1CC1. The Labute approximate surface area is 97.6 Å². The first kappa shape index (κ1) is 10.4. The molecule has 3 rings (SSSR count). The summed E-state index contributed by atoms with van der Waals surface area (Å²) in [6.45, 7) is 0.972. The van der Waals surface area contributed by atoms with Gasteiger partial charge in [-0.3, -0.25) is 0 Å². The number of hydrogen-bond donors (Lipinski definition) is 1. The minimum absolute atomic E-state index is 0.144. The van der Waals surface area contributed by atoms with Gasteiger partial charge in [-0.2, -0.15) is 0 Å². The summed E-state index contributed by atoms with van der Waals surface area (Å²) in [5, 5.41) is 3.06. The van der Waals surface area contributed by atoms with Gasteiger partial charge < -0.3 is 10.2 Å². The van der Waals surface area contributed by atoms with Gasteiger partial charge in [0.25, 0.3) is 0 Å². The molecule has 0 aromatic rings. The van der Waals surface area contributed by atoms with Gasteiger partial charge in [0, 0.05) is 19.6 Å². The molecule has 3 aliphatic carbocycles. The number of carbonyl (C=O) groups excluding carboxylic acids is 1. The van der Waals surface area contributed by atoms with Crippen LogP contribution in [-0.4, -0.2) is 30.6 Å². The number of hydrogen-bond acceptors (Lipinski definition) is 1. The van der Waals surface area contributed by atoms with Crippen LogP contribution >= 0.6 is 0 Å². The van der Waals surface area contributed by atoms with Crippen LogP contribution in [0.4, 0.5) is 4.79 Å². The molecule has 0 saturated heterocycles. The quantitative estimate of drug-likeness (QED) is 0.780. The van der Waals surface area contributed by atoms with E-state index in [1.54, 1.807) is 0 Å². The van der Waals surface area contributed by atoms with Crippen molar-refractivity contribution in [2.45, 2.75) is 44.6 Å². The molecule has 3 unspecified atom stereocenters. The van der Waals surface area contributed by atoms with Crippen LogP contribution < -0.4 is 5.32 Å². The molecule has 90 valence electrons. The molecule has 2 amide bonds. The standard InChI is InChI=1S/C13H22N2O/c1-15(13(16)14-12-4-5-12)8-11-7-9-2-3-10(11)6-9/h9-12H,2-8H2,1H3,(H,14,16). The van der Waals surface area contributed by atoms with Crippen molar-refractivity contribution in [3.8, 4) is 0 Å². The molecule has 3 nitrogen and oxygen atoms in total. The van der Waals surface area contributed by atoms with E-state index in [-0.39, 0.29) is 6.03 Å². The Morgan fingerprint density at radius 2 is 2.06 bits per heavy atom. The van der Waals surface area contributed by atoms with Crippen molar-refractivity contribution in [2.24, 2.45) is 17.8 Å². The number of rotatable bonds is 3. The van der Waals surface area contributed by atoms with Crippen LogP contribution in [0.1, 0.15) is 38.5 Å². The number of amides is 2. The van der Waals surface area contributed by atoms with Crippen molar-refractivity contribution < 1.29 is 4.79 Å². The lowest BCUT2D eigenvalue weighted by molar-refractivity contribution is 0.187. The predicted octanol–water partition coefficient (Wildman–Crippen LogP) is 2.23. The largest absolute Gasteiger partial charge is 0.335 e. The van der Waals surface area contributed by atoms with E-state index in [9.17, 15) is 4.79 Å². The fraction of sp³-hybridized carbons (Fsp3) is 0.923. The lowest BCUT2D eigenvalue weighted by Crippen LogP contribution is -2.41. The second kappa shape index (κ2) is 3.94. The highest BCUT2D eigenvalue weighted by Gasteiger charge is 2.40. The number of carbonyl (C=O) groups is 1. The van der Waals surface area contributed by atoms with Gasteiger partial charge >= 0.3 is 6.03 Å². The van der Waals surface area contributed by atoms with Crippen molar-refractivity contribution >= 4 is 6.03 Å². The van der Waals surface area contributed by atoms with Gasteiger partial charge in [-0.15, -0.1) is 0 Å². The monoisotopic (exact) mass is 222 g/mol. The minimum Gasteiger partial charge on any atom is -0.335 e. The highest BCUT2D eigenvalue weighted by atomic mass is 16.2. The molecule has 0 aromatic heterocycles. The van der Waals surface area contributed by atoms with E-state index in [2.05, 4.69) is 5.32 Å². The molecule has 0 spiro atoms. The first-order valence-corrected chi connectivity index (χ1v) is 6.74. The van der Waals surface area contributed by atoms with Crippen LogP contribution in [0.5, 0.6) is 0 Å². The maximum atomic E-state index is 11.8. The normalized spacial score (nSPS) is 36.4. The molecule has 0 heterocycles. The molecule has 0 radical (unpaired) electrons. The molecule has 3 fully saturated rings. The Balaban J connectivity index is 1.48. The first-order valence-electron chi connectivity index (χ1n) is 6.74. The van der Waals surface area contributed by atoms with Gasteiger partial charge in [0.05, 0.1) is 0 Å². The maximum absolute atomic E-state index is 11.8. The van der Waals surface area contributed by atoms with Crippen LogP contribution in [0.2, 0.25) is 0 Å². The predicted molar refractivity (Wildman–Crippen MR) is 63.1 cm³/mol. The van der Waals surface area contributed by atoms with Crippen molar-refractivity contribution in [3.63, 3.8) is 0 Å². The maximum Gasteiger partial charge on any atom is 0.317 e. The van der Waals surface area contributed by atoms with Gasteiger partial charge in [-0.25, -0.2) is 4.79 Å². The molecular weight excluding hydrogens is 200 g/mol. The zero-order valence-electron chi connectivity index (χ0n) is 10.1. The average Bonchev–Trinajstić information content (AvgIpc) is 2.84. The third-order valence-corrected chi connectivity index (χ3v) is 4.64. The molecule has 3 atom stereocenters. The van der Waals surface area contributed by atoms with Crippen LogP contribution in [0.15, 0.2) is 0 Å². The molecule has 1 N–H and O–H groups in total. The number of nitrogens with one attached hydrogen (secondary N) is 1. The molecule has 0 aromatic carbocycles. The van der Waals surface area contributed by atoms with Gasteiger partial charge in [0.2, 0.25) is 0 Å². The highest BCUT2D eigenvalue weighted by Crippen LogP contribution is 2.48. The van der Waals surface area contributed by atoms with E-state index in [0.29, 0.717) is 6.04 Å². The van der Waals surface area contributed by atoms with Crippen molar-refractivity contribution in [2.75, 3.05) is 13.6 Å². The molecule has 16 heavy (non-hydrogen) atoms. The highest BCUT2D eigenvalue weighted by molar-refractivity contribution is 5.74. The Kier molecular flexibility index (Phi) is 2.56. The van der Waals surface area contributed by atoms with E-state index in [1.807, 2.05) is 11.9 Å². The van der Waals surface area contributed by atoms with E-state index < -0.39 is 0 Å². The van der Waals surface area contributed by atoms with E-state index in [4.69, 9.17) is 0 Å².